The third-order valence-electron chi connectivity index (χ3n) is 3.97. The van der Waals surface area contributed by atoms with E-state index in [0.717, 1.165) is 32.8 Å². The van der Waals surface area contributed by atoms with Crippen molar-refractivity contribution in [3.05, 3.63) is 21.4 Å². The second-order valence-corrected chi connectivity index (χ2v) is 7.03. The van der Waals surface area contributed by atoms with Gasteiger partial charge in [-0.3, -0.25) is 4.90 Å². The van der Waals surface area contributed by atoms with Crippen LogP contribution in [0.4, 0.5) is 0 Å². The second kappa shape index (κ2) is 10.3. The smallest absolute Gasteiger partial charge is 0.0589 e. The van der Waals surface area contributed by atoms with Crippen molar-refractivity contribution in [3.63, 3.8) is 0 Å². The van der Waals surface area contributed by atoms with Crippen LogP contribution in [0.3, 0.4) is 0 Å². The van der Waals surface area contributed by atoms with Crippen molar-refractivity contribution in [2.45, 2.75) is 59.7 Å². The van der Waals surface area contributed by atoms with E-state index in [9.17, 15) is 0 Å². The molecule has 0 spiro atoms. The number of nitrogens with one attached hydrogen (secondary N) is 1. The van der Waals surface area contributed by atoms with Crippen LogP contribution in [0.1, 0.15) is 48.9 Å². The summed E-state index contributed by atoms with van der Waals surface area (Å²) in [7, 11) is 1.78. The zero-order valence-corrected chi connectivity index (χ0v) is 15.2. The third kappa shape index (κ3) is 6.47. The van der Waals surface area contributed by atoms with Crippen LogP contribution in [-0.2, 0) is 17.8 Å². The monoisotopic (exact) mass is 312 g/mol. The fourth-order valence-electron chi connectivity index (χ4n) is 2.36. The Morgan fingerprint density at radius 2 is 2.14 bits per heavy atom. The number of hydrogen-bond donors (Lipinski definition) is 1. The molecule has 0 aliphatic carbocycles. The van der Waals surface area contributed by atoms with Crippen LogP contribution in [0.15, 0.2) is 6.07 Å². The molecule has 0 bridgehead atoms. The molecule has 0 aromatic carbocycles. The number of rotatable bonds is 11. The molecule has 21 heavy (non-hydrogen) atoms. The van der Waals surface area contributed by atoms with E-state index >= 15 is 0 Å². The van der Waals surface area contributed by atoms with Gasteiger partial charge in [-0.05, 0) is 44.9 Å². The SMILES string of the molecule is CCCNCc1cc(CN(CCOC)C(C)CC)c(C)s1. The van der Waals surface area contributed by atoms with E-state index in [2.05, 4.69) is 44.0 Å². The lowest BCUT2D eigenvalue weighted by Gasteiger charge is -2.28. The van der Waals surface area contributed by atoms with Crippen LogP contribution in [0, 0.1) is 6.92 Å². The maximum absolute atomic E-state index is 5.26. The summed E-state index contributed by atoms with van der Waals surface area (Å²) in [6.45, 7) is 14.0. The predicted octanol–water partition coefficient (Wildman–Crippen LogP) is 3.80. The molecule has 3 nitrogen and oxygen atoms in total. The molecule has 0 fully saturated rings. The van der Waals surface area contributed by atoms with Crippen LogP contribution in [0.5, 0.6) is 0 Å². The van der Waals surface area contributed by atoms with Crippen molar-refractivity contribution in [1.29, 1.82) is 0 Å². The van der Waals surface area contributed by atoms with Gasteiger partial charge in [0.25, 0.3) is 0 Å². The van der Waals surface area contributed by atoms with E-state index in [1.807, 2.05) is 11.3 Å². The summed E-state index contributed by atoms with van der Waals surface area (Å²) in [4.78, 5) is 5.43. The molecule has 1 aromatic rings. The highest BCUT2D eigenvalue weighted by molar-refractivity contribution is 7.12. The first-order valence-corrected chi connectivity index (χ1v) is 8.95. The number of methoxy groups -OCH3 is 1. The minimum atomic E-state index is 0.598. The van der Waals surface area contributed by atoms with E-state index in [1.165, 1.54) is 28.2 Å². The summed E-state index contributed by atoms with van der Waals surface area (Å²) in [5.41, 5.74) is 1.48. The Morgan fingerprint density at radius 3 is 2.76 bits per heavy atom. The highest BCUT2D eigenvalue weighted by Gasteiger charge is 2.15. The second-order valence-electron chi connectivity index (χ2n) is 5.69. The first-order chi connectivity index (χ1) is 10.1. The zero-order valence-electron chi connectivity index (χ0n) is 14.4. The molecule has 0 aliphatic rings. The molecule has 0 saturated heterocycles. The minimum Gasteiger partial charge on any atom is -0.383 e. The van der Waals surface area contributed by atoms with E-state index < -0.39 is 0 Å². The number of hydrogen-bond acceptors (Lipinski definition) is 4. The van der Waals surface area contributed by atoms with Crippen LogP contribution in [0.2, 0.25) is 0 Å². The van der Waals surface area contributed by atoms with Crippen LogP contribution in [0.25, 0.3) is 0 Å². The summed E-state index contributed by atoms with van der Waals surface area (Å²) in [6.07, 6.45) is 2.37. The van der Waals surface area contributed by atoms with Crippen LogP contribution in [-0.4, -0.2) is 37.7 Å². The van der Waals surface area contributed by atoms with Gasteiger partial charge in [0.15, 0.2) is 0 Å². The number of ether oxygens (including phenoxy) is 1. The minimum absolute atomic E-state index is 0.598. The summed E-state index contributed by atoms with van der Waals surface area (Å²) < 4.78 is 5.26. The Bertz CT molecular complexity index is 392. The molecule has 1 unspecified atom stereocenters. The van der Waals surface area contributed by atoms with Crippen LogP contribution >= 0.6 is 11.3 Å². The fourth-order valence-corrected chi connectivity index (χ4v) is 3.38. The Labute approximate surface area is 134 Å². The van der Waals surface area contributed by atoms with Gasteiger partial charge in [-0.25, -0.2) is 0 Å². The molecule has 1 heterocycles. The topological polar surface area (TPSA) is 24.5 Å². The van der Waals surface area contributed by atoms with Gasteiger partial charge >= 0.3 is 0 Å². The van der Waals surface area contributed by atoms with Crippen molar-refractivity contribution in [2.75, 3.05) is 26.8 Å². The molecule has 0 radical (unpaired) electrons. The zero-order chi connectivity index (χ0) is 15.7. The van der Waals surface area contributed by atoms with Gasteiger partial charge in [-0.15, -0.1) is 11.3 Å². The molecule has 0 aliphatic heterocycles. The van der Waals surface area contributed by atoms with E-state index in [4.69, 9.17) is 4.74 Å². The van der Waals surface area contributed by atoms with Gasteiger partial charge in [0.2, 0.25) is 0 Å². The standard InChI is InChI=1S/C17H32N2OS/c1-6-8-18-12-17-11-16(15(4)21-17)13-19(9-10-20-5)14(3)7-2/h11,14,18H,6-10,12-13H2,1-5H3. The van der Waals surface area contributed by atoms with E-state index in [0.29, 0.717) is 6.04 Å². The number of aryl methyl sites for hydroxylation is 1. The molecular weight excluding hydrogens is 280 g/mol. The third-order valence-corrected chi connectivity index (χ3v) is 5.06. The molecule has 1 rings (SSSR count). The highest BCUT2D eigenvalue weighted by atomic mass is 32.1. The summed E-state index contributed by atoms with van der Waals surface area (Å²) >= 11 is 1.93. The average molecular weight is 313 g/mol. The van der Waals surface area contributed by atoms with Gasteiger partial charge in [0.05, 0.1) is 6.61 Å². The quantitative estimate of drug-likeness (QED) is 0.629. The van der Waals surface area contributed by atoms with Gasteiger partial charge in [-0.2, -0.15) is 0 Å². The first-order valence-electron chi connectivity index (χ1n) is 8.14. The lowest BCUT2D eigenvalue weighted by molar-refractivity contribution is 0.118. The van der Waals surface area contributed by atoms with Crippen molar-refractivity contribution < 1.29 is 4.74 Å². The van der Waals surface area contributed by atoms with E-state index in [1.54, 1.807) is 7.11 Å². The van der Waals surface area contributed by atoms with Gasteiger partial charge in [-0.1, -0.05) is 13.8 Å². The van der Waals surface area contributed by atoms with Gasteiger partial charge in [0.1, 0.15) is 0 Å². The molecule has 4 heteroatoms. The molecular formula is C17H32N2OS. The average Bonchev–Trinajstić information content (AvgIpc) is 2.83. The molecule has 1 aromatic heterocycles. The Morgan fingerprint density at radius 1 is 1.38 bits per heavy atom. The largest absolute Gasteiger partial charge is 0.383 e. The molecule has 0 amide bonds. The maximum atomic E-state index is 5.26. The first kappa shape index (κ1) is 18.6. The summed E-state index contributed by atoms with van der Waals surface area (Å²) in [5.74, 6) is 0. The normalized spacial score (nSPS) is 13.0. The van der Waals surface area contributed by atoms with Crippen molar-refractivity contribution in [3.8, 4) is 0 Å². The summed E-state index contributed by atoms with van der Waals surface area (Å²) in [6, 6.07) is 2.98. The molecule has 122 valence electrons. The molecule has 1 N–H and O–H groups in total. The Kier molecular flexibility index (Phi) is 9.16. The predicted molar refractivity (Wildman–Crippen MR) is 93.1 cm³/mol. The molecule has 0 saturated carbocycles. The maximum Gasteiger partial charge on any atom is 0.0589 e. The molecule has 1 atom stereocenters. The highest BCUT2D eigenvalue weighted by Crippen LogP contribution is 2.24. The van der Waals surface area contributed by atoms with Gasteiger partial charge < -0.3 is 10.1 Å². The Hall–Kier alpha value is -0.420. The van der Waals surface area contributed by atoms with Crippen molar-refractivity contribution in [2.24, 2.45) is 0 Å². The lowest BCUT2D eigenvalue weighted by Crippen LogP contribution is -2.34. The number of thiophene rings is 1. The van der Waals surface area contributed by atoms with Crippen molar-refractivity contribution in [1.82, 2.24) is 10.2 Å². The van der Waals surface area contributed by atoms with E-state index in [-0.39, 0.29) is 0 Å². The fraction of sp³-hybridized carbons (Fsp3) is 0.765. The lowest BCUT2D eigenvalue weighted by atomic mass is 10.1. The number of nitrogens with zero attached hydrogens (tertiary/aromatic N) is 1. The summed E-state index contributed by atoms with van der Waals surface area (Å²) in [5, 5.41) is 3.49. The van der Waals surface area contributed by atoms with Crippen molar-refractivity contribution >= 4 is 11.3 Å². The van der Waals surface area contributed by atoms with Crippen LogP contribution < -0.4 is 5.32 Å². The van der Waals surface area contributed by atoms with Gasteiger partial charge in [0, 0.05) is 42.5 Å². The Balaban J connectivity index is 2.64.